The predicted octanol–water partition coefficient (Wildman–Crippen LogP) is 2.94. The molecule has 0 fully saturated rings. The number of fused-ring (bicyclic) bond motifs is 1. The highest BCUT2D eigenvalue weighted by Crippen LogP contribution is 2.20. The van der Waals surface area contributed by atoms with Crippen LogP contribution in [0.4, 0.5) is 0 Å². The molecule has 2 heterocycles. The fraction of sp³-hybridized carbons (Fsp3) is 0.100. The first-order chi connectivity index (χ1) is 6.31. The maximum Gasteiger partial charge on any atom is 0.137 e. The Morgan fingerprint density at radius 1 is 1.62 bits per heavy atom. The summed E-state index contributed by atoms with van der Waals surface area (Å²) in [6, 6.07) is 1.92. The van der Waals surface area contributed by atoms with Crippen LogP contribution in [0.5, 0.6) is 0 Å². The lowest BCUT2D eigenvalue weighted by molar-refractivity contribution is 1.28. The Kier molecular flexibility index (Phi) is 2.07. The van der Waals surface area contributed by atoms with Gasteiger partial charge in [0.25, 0.3) is 0 Å². The van der Waals surface area contributed by atoms with Crippen LogP contribution in [0.25, 0.3) is 11.0 Å². The van der Waals surface area contributed by atoms with Gasteiger partial charge in [-0.05, 0) is 18.1 Å². The molecule has 1 N–H and O–H groups in total. The second-order valence-electron chi connectivity index (χ2n) is 2.86. The van der Waals surface area contributed by atoms with E-state index in [1.807, 2.05) is 18.3 Å². The van der Waals surface area contributed by atoms with Crippen LogP contribution in [0.3, 0.4) is 0 Å². The minimum atomic E-state index is 0.664. The van der Waals surface area contributed by atoms with Crippen molar-refractivity contribution in [2.45, 2.75) is 6.42 Å². The zero-order valence-corrected chi connectivity index (χ0v) is 7.80. The Balaban J connectivity index is 2.64. The number of nitrogens with one attached hydrogen (secondary N) is 1. The molecule has 13 heavy (non-hydrogen) atoms. The molecule has 0 unspecified atom stereocenters. The van der Waals surface area contributed by atoms with Crippen LogP contribution in [0.15, 0.2) is 31.1 Å². The minimum Gasteiger partial charge on any atom is -0.346 e. The smallest absolute Gasteiger partial charge is 0.137 e. The van der Waals surface area contributed by atoms with Crippen molar-refractivity contribution in [3.8, 4) is 0 Å². The maximum atomic E-state index is 5.85. The molecule has 0 aliphatic rings. The Bertz CT molecular complexity index is 445. The fourth-order valence-corrected chi connectivity index (χ4v) is 1.51. The van der Waals surface area contributed by atoms with Crippen LogP contribution in [0.2, 0.25) is 5.02 Å². The van der Waals surface area contributed by atoms with Gasteiger partial charge in [0, 0.05) is 17.8 Å². The number of aromatic nitrogens is 2. The molecule has 0 aromatic carbocycles. The number of rotatable bonds is 2. The summed E-state index contributed by atoms with van der Waals surface area (Å²) >= 11 is 5.85. The standard InChI is InChI=1S/C10H9ClN2/c1-2-3-7-5-12-10-9(7)4-8(11)6-13-10/h2,4-6H,1,3H2,(H,12,13). The third-order valence-electron chi connectivity index (χ3n) is 1.95. The number of nitrogens with zero attached hydrogens (tertiary/aromatic N) is 1. The van der Waals surface area contributed by atoms with Gasteiger partial charge >= 0.3 is 0 Å². The molecule has 2 rings (SSSR count). The van der Waals surface area contributed by atoms with E-state index in [1.165, 1.54) is 5.56 Å². The molecule has 0 aliphatic heterocycles. The lowest BCUT2D eigenvalue weighted by atomic mass is 10.1. The third kappa shape index (κ3) is 1.45. The van der Waals surface area contributed by atoms with Crippen molar-refractivity contribution < 1.29 is 0 Å². The molecule has 0 bridgehead atoms. The minimum absolute atomic E-state index is 0.664. The number of H-pyrrole nitrogens is 1. The first-order valence-corrected chi connectivity index (χ1v) is 4.41. The molecule has 2 aromatic rings. The predicted molar refractivity (Wildman–Crippen MR) is 55.0 cm³/mol. The lowest BCUT2D eigenvalue weighted by Crippen LogP contribution is -1.78. The molecule has 66 valence electrons. The Hall–Kier alpha value is -1.28. The molecule has 2 aromatic heterocycles. The number of aromatic amines is 1. The summed E-state index contributed by atoms with van der Waals surface area (Å²) < 4.78 is 0. The Morgan fingerprint density at radius 2 is 2.46 bits per heavy atom. The summed E-state index contributed by atoms with van der Waals surface area (Å²) in [7, 11) is 0. The third-order valence-corrected chi connectivity index (χ3v) is 2.15. The summed E-state index contributed by atoms with van der Waals surface area (Å²) in [4.78, 5) is 7.24. The number of pyridine rings is 1. The van der Waals surface area contributed by atoms with Crippen molar-refractivity contribution in [1.82, 2.24) is 9.97 Å². The molecule has 0 amide bonds. The van der Waals surface area contributed by atoms with Gasteiger partial charge in [0.2, 0.25) is 0 Å². The molecule has 0 saturated carbocycles. The van der Waals surface area contributed by atoms with Crippen molar-refractivity contribution in [3.63, 3.8) is 0 Å². The number of allylic oxidation sites excluding steroid dienone is 1. The van der Waals surface area contributed by atoms with Crippen LogP contribution in [0.1, 0.15) is 5.56 Å². The van der Waals surface area contributed by atoms with Gasteiger partial charge in [0.15, 0.2) is 0 Å². The SMILES string of the molecule is C=CCc1c[nH]c2ncc(Cl)cc12. The van der Waals surface area contributed by atoms with Crippen molar-refractivity contribution >= 4 is 22.6 Å². The highest BCUT2D eigenvalue weighted by molar-refractivity contribution is 6.31. The lowest BCUT2D eigenvalue weighted by Gasteiger charge is -1.93. The average Bonchev–Trinajstić information content (AvgIpc) is 2.49. The summed E-state index contributed by atoms with van der Waals surface area (Å²) in [5.41, 5.74) is 2.06. The average molecular weight is 193 g/mol. The zero-order chi connectivity index (χ0) is 9.26. The largest absolute Gasteiger partial charge is 0.346 e. The normalized spacial score (nSPS) is 10.5. The molecule has 3 heteroatoms. The maximum absolute atomic E-state index is 5.85. The van der Waals surface area contributed by atoms with Crippen molar-refractivity contribution in [2.75, 3.05) is 0 Å². The van der Waals surface area contributed by atoms with E-state index in [2.05, 4.69) is 16.5 Å². The molecular formula is C10H9ClN2. The molecule has 0 atom stereocenters. The van der Waals surface area contributed by atoms with Gasteiger partial charge in [0.05, 0.1) is 5.02 Å². The molecule has 0 saturated heterocycles. The van der Waals surface area contributed by atoms with Gasteiger partial charge < -0.3 is 4.98 Å². The Morgan fingerprint density at radius 3 is 3.23 bits per heavy atom. The summed E-state index contributed by atoms with van der Waals surface area (Å²) in [5.74, 6) is 0. The topological polar surface area (TPSA) is 28.7 Å². The van der Waals surface area contributed by atoms with Crippen LogP contribution in [0, 0.1) is 0 Å². The van der Waals surface area contributed by atoms with Crippen LogP contribution < -0.4 is 0 Å². The highest BCUT2D eigenvalue weighted by atomic mass is 35.5. The van der Waals surface area contributed by atoms with Gasteiger partial charge in [-0.2, -0.15) is 0 Å². The van der Waals surface area contributed by atoms with E-state index < -0.39 is 0 Å². The van der Waals surface area contributed by atoms with Gasteiger partial charge in [-0.3, -0.25) is 0 Å². The van der Waals surface area contributed by atoms with Gasteiger partial charge in [0.1, 0.15) is 5.65 Å². The Labute approximate surface area is 81.3 Å². The molecule has 0 spiro atoms. The number of hydrogen-bond donors (Lipinski definition) is 1. The van der Waals surface area contributed by atoms with E-state index in [1.54, 1.807) is 6.20 Å². The molecule has 2 nitrogen and oxygen atoms in total. The van der Waals surface area contributed by atoms with Gasteiger partial charge in [-0.15, -0.1) is 6.58 Å². The summed E-state index contributed by atoms with van der Waals surface area (Å²) in [5, 5.41) is 1.74. The zero-order valence-electron chi connectivity index (χ0n) is 7.05. The first-order valence-electron chi connectivity index (χ1n) is 4.03. The van der Waals surface area contributed by atoms with E-state index in [9.17, 15) is 0 Å². The van der Waals surface area contributed by atoms with Crippen LogP contribution >= 0.6 is 11.6 Å². The van der Waals surface area contributed by atoms with Crippen molar-refractivity contribution in [2.24, 2.45) is 0 Å². The molecule has 0 radical (unpaired) electrons. The fourth-order valence-electron chi connectivity index (χ4n) is 1.36. The van der Waals surface area contributed by atoms with Gasteiger partial charge in [-0.1, -0.05) is 17.7 Å². The van der Waals surface area contributed by atoms with E-state index >= 15 is 0 Å². The van der Waals surface area contributed by atoms with E-state index in [0.717, 1.165) is 17.5 Å². The second kappa shape index (κ2) is 3.23. The van der Waals surface area contributed by atoms with Gasteiger partial charge in [-0.25, -0.2) is 4.98 Å². The van der Waals surface area contributed by atoms with Crippen molar-refractivity contribution in [3.05, 3.63) is 41.7 Å². The quantitative estimate of drug-likeness (QED) is 0.729. The summed E-state index contributed by atoms with van der Waals surface area (Å²) in [6.07, 6.45) is 6.28. The van der Waals surface area contributed by atoms with Crippen molar-refractivity contribution in [1.29, 1.82) is 0 Å². The van der Waals surface area contributed by atoms with E-state index in [4.69, 9.17) is 11.6 Å². The van der Waals surface area contributed by atoms with E-state index in [0.29, 0.717) is 5.02 Å². The summed E-state index contributed by atoms with van der Waals surface area (Å²) in [6.45, 7) is 3.70. The number of halogens is 1. The van der Waals surface area contributed by atoms with Crippen LogP contribution in [-0.4, -0.2) is 9.97 Å². The first kappa shape index (κ1) is 8.32. The van der Waals surface area contributed by atoms with E-state index in [-0.39, 0.29) is 0 Å². The number of hydrogen-bond acceptors (Lipinski definition) is 1. The second-order valence-corrected chi connectivity index (χ2v) is 3.29. The monoisotopic (exact) mass is 192 g/mol. The van der Waals surface area contributed by atoms with Crippen LogP contribution in [-0.2, 0) is 6.42 Å². The molecular weight excluding hydrogens is 184 g/mol. The highest BCUT2D eigenvalue weighted by Gasteiger charge is 2.02. The molecule has 0 aliphatic carbocycles.